The third-order valence-electron chi connectivity index (χ3n) is 4.52. The Bertz CT molecular complexity index is 207. The summed E-state index contributed by atoms with van der Waals surface area (Å²) in [5.41, 5.74) is 0. The molecule has 1 aliphatic carbocycles. The molecule has 1 saturated carbocycles. The van der Waals surface area contributed by atoms with Gasteiger partial charge in [-0.3, -0.25) is 4.90 Å². The molecule has 2 aliphatic rings. The van der Waals surface area contributed by atoms with E-state index in [1.165, 1.54) is 38.6 Å². The van der Waals surface area contributed by atoms with Crippen molar-refractivity contribution in [1.29, 1.82) is 0 Å². The number of aliphatic hydroxyl groups excluding tert-OH is 1. The van der Waals surface area contributed by atoms with Crippen molar-refractivity contribution in [3.8, 4) is 0 Å². The summed E-state index contributed by atoms with van der Waals surface area (Å²) in [6.45, 7) is 5.85. The third-order valence-corrected chi connectivity index (χ3v) is 4.52. The number of nitrogens with zero attached hydrogens (tertiary/aromatic N) is 1. The Morgan fingerprint density at radius 1 is 1.27 bits per heavy atom. The van der Waals surface area contributed by atoms with Crippen molar-refractivity contribution in [2.75, 3.05) is 6.54 Å². The van der Waals surface area contributed by atoms with Gasteiger partial charge in [0.1, 0.15) is 0 Å². The number of likely N-dealkylation sites (tertiary alicyclic amines) is 1. The molecule has 2 nitrogen and oxygen atoms in total. The fourth-order valence-corrected chi connectivity index (χ4v) is 3.47. The summed E-state index contributed by atoms with van der Waals surface area (Å²) in [4.78, 5) is 2.65. The second-order valence-corrected chi connectivity index (χ2v) is 5.37. The average Bonchev–Trinajstić information content (AvgIpc) is 2.84. The molecular formula is C13H25NO. The van der Waals surface area contributed by atoms with Crippen LogP contribution in [0.5, 0.6) is 0 Å². The molecule has 0 aromatic carbocycles. The minimum atomic E-state index is -0.0142. The highest BCUT2D eigenvalue weighted by Gasteiger charge is 2.39. The van der Waals surface area contributed by atoms with Gasteiger partial charge in [-0.1, -0.05) is 13.3 Å². The maximum atomic E-state index is 9.99. The van der Waals surface area contributed by atoms with Crippen molar-refractivity contribution >= 4 is 0 Å². The Kier molecular flexibility index (Phi) is 3.68. The van der Waals surface area contributed by atoms with Gasteiger partial charge < -0.3 is 5.11 Å². The van der Waals surface area contributed by atoms with Crippen LogP contribution in [0, 0.1) is 5.92 Å². The summed E-state index contributed by atoms with van der Waals surface area (Å²) in [5.74, 6) is 0.571. The van der Waals surface area contributed by atoms with Crippen molar-refractivity contribution in [1.82, 2.24) is 4.90 Å². The molecule has 0 radical (unpaired) electrons. The summed E-state index contributed by atoms with van der Waals surface area (Å²) in [6, 6.07) is 1.38. The van der Waals surface area contributed by atoms with E-state index >= 15 is 0 Å². The van der Waals surface area contributed by atoms with Crippen molar-refractivity contribution in [2.45, 2.75) is 70.6 Å². The van der Waals surface area contributed by atoms with Crippen LogP contribution in [-0.4, -0.2) is 34.7 Å². The van der Waals surface area contributed by atoms with Gasteiger partial charge in [-0.05, 0) is 45.6 Å². The summed E-state index contributed by atoms with van der Waals surface area (Å²) in [7, 11) is 0. The van der Waals surface area contributed by atoms with Gasteiger partial charge in [-0.2, -0.15) is 0 Å². The van der Waals surface area contributed by atoms with Crippen LogP contribution in [0.2, 0.25) is 0 Å². The molecule has 2 heteroatoms. The van der Waals surface area contributed by atoms with Crippen LogP contribution in [0.25, 0.3) is 0 Å². The Labute approximate surface area is 93.7 Å². The molecule has 2 fully saturated rings. The molecule has 0 bridgehead atoms. The van der Waals surface area contributed by atoms with Gasteiger partial charge in [0.2, 0.25) is 0 Å². The maximum Gasteiger partial charge on any atom is 0.0583 e. The van der Waals surface area contributed by atoms with Crippen LogP contribution in [0.15, 0.2) is 0 Å². The lowest BCUT2D eigenvalue weighted by atomic mass is 9.93. The van der Waals surface area contributed by atoms with Crippen LogP contribution in [0.3, 0.4) is 0 Å². The van der Waals surface area contributed by atoms with Gasteiger partial charge in [0.15, 0.2) is 0 Å². The smallest absolute Gasteiger partial charge is 0.0583 e. The molecular weight excluding hydrogens is 186 g/mol. The molecule has 0 amide bonds. The number of hydrogen-bond donors (Lipinski definition) is 1. The van der Waals surface area contributed by atoms with E-state index in [4.69, 9.17) is 0 Å². The molecule has 1 N–H and O–H groups in total. The van der Waals surface area contributed by atoms with E-state index in [1.807, 2.05) is 0 Å². The highest BCUT2D eigenvalue weighted by Crippen LogP contribution is 2.36. The van der Waals surface area contributed by atoms with E-state index < -0.39 is 0 Å². The minimum Gasteiger partial charge on any atom is -0.393 e. The first kappa shape index (κ1) is 11.4. The van der Waals surface area contributed by atoms with Gasteiger partial charge >= 0.3 is 0 Å². The predicted octanol–water partition coefficient (Wildman–Crippen LogP) is 2.41. The van der Waals surface area contributed by atoms with Crippen molar-refractivity contribution < 1.29 is 5.11 Å². The topological polar surface area (TPSA) is 23.5 Å². The van der Waals surface area contributed by atoms with Gasteiger partial charge in [0, 0.05) is 18.0 Å². The van der Waals surface area contributed by atoms with E-state index in [0.717, 1.165) is 6.42 Å². The predicted molar refractivity (Wildman–Crippen MR) is 62.8 cm³/mol. The van der Waals surface area contributed by atoms with Gasteiger partial charge in [0.25, 0.3) is 0 Å². The normalized spacial score (nSPS) is 39.8. The molecule has 0 spiro atoms. The quantitative estimate of drug-likeness (QED) is 0.775. The number of hydrogen-bond acceptors (Lipinski definition) is 2. The van der Waals surface area contributed by atoms with E-state index in [1.54, 1.807) is 0 Å². The SMILES string of the molecule is CCC(C)N1CCCC1C1CCCC1O. The molecule has 2 rings (SSSR count). The lowest BCUT2D eigenvalue weighted by molar-refractivity contribution is 0.0588. The Morgan fingerprint density at radius 3 is 2.67 bits per heavy atom. The van der Waals surface area contributed by atoms with E-state index in [9.17, 15) is 5.11 Å². The Balaban J connectivity index is 2.00. The zero-order valence-electron chi connectivity index (χ0n) is 10.2. The van der Waals surface area contributed by atoms with E-state index in [2.05, 4.69) is 18.7 Å². The summed E-state index contributed by atoms with van der Waals surface area (Å²) in [5, 5.41) is 9.99. The molecule has 1 aliphatic heterocycles. The molecule has 4 unspecified atom stereocenters. The third kappa shape index (κ3) is 2.21. The van der Waals surface area contributed by atoms with E-state index in [-0.39, 0.29) is 6.10 Å². The molecule has 1 heterocycles. The summed E-state index contributed by atoms with van der Waals surface area (Å²) < 4.78 is 0. The lowest BCUT2D eigenvalue weighted by Crippen LogP contribution is -2.43. The molecule has 88 valence electrons. The molecule has 0 aromatic rings. The summed E-state index contributed by atoms with van der Waals surface area (Å²) in [6.07, 6.45) is 7.38. The first-order valence-electron chi connectivity index (χ1n) is 6.67. The second kappa shape index (κ2) is 4.84. The molecule has 15 heavy (non-hydrogen) atoms. The Morgan fingerprint density at radius 2 is 2.07 bits per heavy atom. The summed E-state index contributed by atoms with van der Waals surface area (Å²) >= 11 is 0. The second-order valence-electron chi connectivity index (χ2n) is 5.37. The van der Waals surface area contributed by atoms with Gasteiger partial charge in [0.05, 0.1) is 6.10 Å². The van der Waals surface area contributed by atoms with Crippen LogP contribution in [0.1, 0.15) is 52.4 Å². The standard InChI is InChI=1S/C13H25NO/c1-3-10(2)14-9-5-7-12(14)11-6-4-8-13(11)15/h10-13,15H,3-9H2,1-2H3. The molecule has 0 aromatic heterocycles. The van der Waals surface area contributed by atoms with Crippen molar-refractivity contribution in [2.24, 2.45) is 5.92 Å². The first-order chi connectivity index (χ1) is 7.24. The largest absolute Gasteiger partial charge is 0.393 e. The van der Waals surface area contributed by atoms with Crippen LogP contribution in [0.4, 0.5) is 0 Å². The zero-order chi connectivity index (χ0) is 10.8. The van der Waals surface area contributed by atoms with Gasteiger partial charge in [-0.15, -0.1) is 0 Å². The van der Waals surface area contributed by atoms with Crippen molar-refractivity contribution in [3.05, 3.63) is 0 Å². The number of aliphatic hydroxyl groups is 1. The minimum absolute atomic E-state index is 0.0142. The zero-order valence-corrected chi connectivity index (χ0v) is 10.2. The lowest BCUT2D eigenvalue weighted by Gasteiger charge is -2.35. The average molecular weight is 211 g/mol. The Hall–Kier alpha value is -0.0800. The molecule has 1 saturated heterocycles. The van der Waals surface area contributed by atoms with Crippen LogP contribution < -0.4 is 0 Å². The highest BCUT2D eigenvalue weighted by atomic mass is 16.3. The van der Waals surface area contributed by atoms with E-state index in [0.29, 0.717) is 18.0 Å². The highest BCUT2D eigenvalue weighted by molar-refractivity contribution is 4.93. The monoisotopic (exact) mass is 211 g/mol. The molecule has 4 atom stereocenters. The maximum absolute atomic E-state index is 9.99. The van der Waals surface area contributed by atoms with Crippen LogP contribution in [-0.2, 0) is 0 Å². The fraction of sp³-hybridized carbons (Fsp3) is 1.00. The van der Waals surface area contributed by atoms with Crippen LogP contribution >= 0.6 is 0 Å². The van der Waals surface area contributed by atoms with Gasteiger partial charge in [-0.25, -0.2) is 0 Å². The first-order valence-corrected chi connectivity index (χ1v) is 6.67. The fourth-order valence-electron chi connectivity index (χ4n) is 3.47. The van der Waals surface area contributed by atoms with Crippen molar-refractivity contribution in [3.63, 3.8) is 0 Å². The number of rotatable bonds is 3.